The number of hydrogen-bond donors (Lipinski definition) is 2. The maximum absolute atomic E-state index is 12.4. The second kappa shape index (κ2) is 6.30. The molecule has 108 valence electrons. The molecule has 2 rings (SSSR count). The number of hydrogen-bond acceptors (Lipinski definition) is 2. The van der Waals surface area contributed by atoms with Crippen molar-refractivity contribution in [2.24, 2.45) is 0 Å². The third-order valence-corrected chi connectivity index (χ3v) is 4.78. The first kappa shape index (κ1) is 15.6. The average molecular weight is 408 g/mol. The molecule has 0 atom stereocenters. The van der Waals surface area contributed by atoms with Crippen LogP contribution >= 0.6 is 34.2 Å². The highest BCUT2D eigenvalue weighted by Gasteiger charge is 2.37. The minimum Gasteiger partial charge on any atom is -0.481 e. The molecule has 20 heavy (non-hydrogen) atoms. The fraction of sp³-hybridized carbons (Fsp3) is 0.429. The first-order chi connectivity index (χ1) is 9.42. The topological polar surface area (TPSA) is 66.4 Å². The van der Waals surface area contributed by atoms with Gasteiger partial charge in [-0.05, 0) is 53.6 Å². The molecule has 0 unspecified atom stereocenters. The van der Waals surface area contributed by atoms with E-state index in [1.54, 1.807) is 18.2 Å². The lowest BCUT2D eigenvalue weighted by Crippen LogP contribution is -2.48. The Hall–Kier alpha value is -0.820. The summed E-state index contributed by atoms with van der Waals surface area (Å²) in [7, 11) is 0. The zero-order chi connectivity index (χ0) is 14.8. The first-order valence-corrected chi connectivity index (χ1v) is 7.87. The molecule has 0 saturated heterocycles. The van der Waals surface area contributed by atoms with E-state index in [0.717, 1.165) is 16.4 Å². The Morgan fingerprint density at radius 2 is 2.00 bits per heavy atom. The second-order valence-corrected chi connectivity index (χ2v) is 6.73. The van der Waals surface area contributed by atoms with Gasteiger partial charge >= 0.3 is 5.97 Å². The van der Waals surface area contributed by atoms with E-state index in [1.165, 1.54) is 0 Å². The quantitative estimate of drug-likeness (QED) is 0.751. The summed E-state index contributed by atoms with van der Waals surface area (Å²) >= 11 is 7.99. The first-order valence-electron chi connectivity index (χ1n) is 6.41. The van der Waals surface area contributed by atoms with Crippen LogP contribution in [0, 0.1) is 3.57 Å². The molecule has 1 amide bonds. The molecule has 0 radical (unpaired) electrons. The van der Waals surface area contributed by atoms with Crippen molar-refractivity contribution in [3.63, 3.8) is 0 Å². The molecule has 1 aromatic carbocycles. The number of carbonyl (C=O) groups is 2. The molecular weight excluding hydrogens is 393 g/mol. The van der Waals surface area contributed by atoms with Gasteiger partial charge in [-0.1, -0.05) is 24.4 Å². The van der Waals surface area contributed by atoms with Crippen LogP contribution in [-0.4, -0.2) is 22.5 Å². The molecule has 1 fully saturated rings. The van der Waals surface area contributed by atoms with Gasteiger partial charge in [-0.15, -0.1) is 0 Å². The summed E-state index contributed by atoms with van der Waals surface area (Å²) in [6, 6.07) is 5.11. The Balaban J connectivity index is 2.20. The second-order valence-electron chi connectivity index (χ2n) is 5.14. The van der Waals surface area contributed by atoms with E-state index in [4.69, 9.17) is 16.7 Å². The molecule has 2 N–H and O–H groups in total. The van der Waals surface area contributed by atoms with Gasteiger partial charge in [-0.2, -0.15) is 0 Å². The lowest BCUT2D eigenvalue weighted by molar-refractivity contribution is -0.138. The Labute approximate surface area is 136 Å². The predicted molar refractivity (Wildman–Crippen MR) is 85.1 cm³/mol. The molecule has 1 saturated carbocycles. The predicted octanol–water partition coefficient (Wildman–Crippen LogP) is 3.46. The summed E-state index contributed by atoms with van der Waals surface area (Å²) < 4.78 is 0.799. The SMILES string of the molecule is O=C(O)CC1(NC(=O)c2cc(Cl)ccc2I)CCCC1. The van der Waals surface area contributed by atoms with Crippen LogP contribution in [0.15, 0.2) is 18.2 Å². The van der Waals surface area contributed by atoms with Gasteiger partial charge in [0.15, 0.2) is 0 Å². The van der Waals surface area contributed by atoms with Gasteiger partial charge in [0, 0.05) is 8.59 Å². The lowest BCUT2D eigenvalue weighted by atomic mass is 9.92. The molecular formula is C14H15ClINO3. The molecule has 0 spiro atoms. The summed E-state index contributed by atoms with van der Waals surface area (Å²) in [5, 5.41) is 12.5. The van der Waals surface area contributed by atoms with Crippen LogP contribution in [0.2, 0.25) is 5.02 Å². The zero-order valence-corrected chi connectivity index (χ0v) is 13.7. The summed E-state index contributed by atoms with van der Waals surface area (Å²) in [5.74, 6) is -1.13. The van der Waals surface area contributed by atoms with E-state index in [0.29, 0.717) is 23.4 Å². The van der Waals surface area contributed by atoms with Crippen LogP contribution in [0.1, 0.15) is 42.5 Å². The third-order valence-electron chi connectivity index (χ3n) is 3.60. The number of benzene rings is 1. The van der Waals surface area contributed by atoms with E-state index >= 15 is 0 Å². The van der Waals surface area contributed by atoms with E-state index in [1.807, 2.05) is 0 Å². The highest BCUT2D eigenvalue weighted by Crippen LogP contribution is 2.33. The monoisotopic (exact) mass is 407 g/mol. The van der Waals surface area contributed by atoms with Crippen LogP contribution in [0.4, 0.5) is 0 Å². The summed E-state index contributed by atoms with van der Waals surface area (Å²) in [4.78, 5) is 23.4. The minimum atomic E-state index is -0.881. The summed E-state index contributed by atoms with van der Waals surface area (Å²) in [6.45, 7) is 0. The summed E-state index contributed by atoms with van der Waals surface area (Å²) in [6.07, 6.45) is 3.28. The molecule has 4 nitrogen and oxygen atoms in total. The van der Waals surface area contributed by atoms with Gasteiger partial charge in [0.25, 0.3) is 5.91 Å². The van der Waals surface area contributed by atoms with Gasteiger partial charge in [0.05, 0.1) is 17.5 Å². The Kier molecular flexibility index (Phi) is 4.90. The Morgan fingerprint density at radius 3 is 2.60 bits per heavy atom. The van der Waals surface area contributed by atoms with E-state index < -0.39 is 11.5 Å². The van der Waals surface area contributed by atoms with Crippen molar-refractivity contribution in [1.29, 1.82) is 0 Å². The molecule has 0 heterocycles. The van der Waals surface area contributed by atoms with Gasteiger partial charge < -0.3 is 10.4 Å². The number of carboxylic acids is 1. The van der Waals surface area contributed by atoms with Crippen LogP contribution in [-0.2, 0) is 4.79 Å². The van der Waals surface area contributed by atoms with Gasteiger partial charge in [-0.3, -0.25) is 9.59 Å². The van der Waals surface area contributed by atoms with Gasteiger partial charge in [0.1, 0.15) is 0 Å². The number of rotatable bonds is 4. The number of aliphatic carboxylic acids is 1. The molecule has 1 aliphatic rings. The van der Waals surface area contributed by atoms with Crippen molar-refractivity contribution in [1.82, 2.24) is 5.32 Å². The van der Waals surface area contributed by atoms with Crippen LogP contribution in [0.5, 0.6) is 0 Å². The van der Waals surface area contributed by atoms with Crippen molar-refractivity contribution in [2.75, 3.05) is 0 Å². The number of carboxylic acid groups (broad SMARTS) is 1. The maximum atomic E-state index is 12.4. The minimum absolute atomic E-state index is 0.0319. The van der Waals surface area contributed by atoms with Crippen LogP contribution < -0.4 is 5.32 Å². The fourth-order valence-corrected chi connectivity index (χ4v) is 3.42. The van der Waals surface area contributed by atoms with E-state index in [-0.39, 0.29) is 12.3 Å². The Morgan fingerprint density at radius 1 is 1.35 bits per heavy atom. The highest BCUT2D eigenvalue weighted by atomic mass is 127. The molecule has 0 aliphatic heterocycles. The largest absolute Gasteiger partial charge is 0.481 e. The van der Waals surface area contributed by atoms with Crippen LogP contribution in [0.3, 0.4) is 0 Å². The lowest BCUT2D eigenvalue weighted by Gasteiger charge is -2.29. The normalized spacial score (nSPS) is 16.9. The van der Waals surface area contributed by atoms with Crippen LogP contribution in [0.25, 0.3) is 0 Å². The maximum Gasteiger partial charge on any atom is 0.305 e. The van der Waals surface area contributed by atoms with Crippen molar-refractivity contribution < 1.29 is 14.7 Å². The van der Waals surface area contributed by atoms with Crippen molar-refractivity contribution in [3.8, 4) is 0 Å². The average Bonchev–Trinajstić information content (AvgIpc) is 2.79. The third kappa shape index (κ3) is 3.63. The number of nitrogens with one attached hydrogen (secondary N) is 1. The van der Waals surface area contributed by atoms with Gasteiger partial charge in [-0.25, -0.2) is 0 Å². The highest BCUT2D eigenvalue weighted by molar-refractivity contribution is 14.1. The van der Waals surface area contributed by atoms with E-state index in [9.17, 15) is 9.59 Å². The van der Waals surface area contributed by atoms with Crippen molar-refractivity contribution in [2.45, 2.75) is 37.6 Å². The fourth-order valence-electron chi connectivity index (χ4n) is 2.67. The molecule has 0 bridgehead atoms. The standard InChI is InChI=1S/C14H15ClINO3/c15-9-3-4-11(16)10(7-9)13(20)17-14(8-12(18)19)5-1-2-6-14/h3-4,7H,1-2,5-6,8H2,(H,17,20)(H,18,19). The van der Waals surface area contributed by atoms with E-state index in [2.05, 4.69) is 27.9 Å². The van der Waals surface area contributed by atoms with Crippen molar-refractivity contribution >= 4 is 46.1 Å². The summed E-state index contributed by atoms with van der Waals surface area (Å²) in [5.41, 5.74) is -0.122. The van der Waals surface area contributed by atoms with Crippen molar-refractivity contribution in [3.05, 3.63) is 32.4 Å². The molecule has 0 aromatic heterocycles. The number of halogens is 2. The Bertz CT molecular complexity index is 541. The number of amides is 1. The smallest absolute Gasteiger partial charge is 0.305 e. The van der Waals surface area contributed by atoms with Gasteiger partial charge in [0.2, 0.25) is 0 Å². The molecule has 6 heteroatoms. The molecule has 1 aromatic rings. The number of carbonyl (C=O) groups excluding carboxylic acids is 1. The molecule has 1 aliphatic carbocycles. The zero-order valence-electron chi connectivity index (χ0n) is 10.8.